The molecule has 2 N–H and O–H groups in total. The molecule has 0 aromatic heterocycles. The van der Waals surface area contributed by atoms with Crippen molar-refractivity contribution in [3.05, 3.63) is 31.8 Å². The van der Waals surface area contributed by atoms with Crippen molar-refractivity contribution in [1.29, 1.82) is 0 Å². The summed E-state index contributed by atoms with van der Waals surface area (Å²) >= 11 is 5.56. The van der Waals surface area contributed by atoms with E-state index in [9.17, 15) is 9.90 Å². The van der Waals surface area contributed by atoms with E-state index >= 15 is 0 Å². The minimum atomic E-state index is -0.0331. The van der Waals surface area contributed by atoms with E-state index in [0.717, 1.165) is 27.3 Å². The van der Waals surface area contributed by atoms with Gasteiger partial charge in [0.05, 0.1) is 5.56 Å². The maximum Gasteiger partial charge on any atom is 0.252 e. The molecule has 1 aromatic carbocycles. The molecule has 3 nitrogen and oxygen atoms in total. The van der Waals surface area contributed by atoms with Crippen molar-refractivity contribution in [3.63, 3.8) is 0 Å². The van der Waals surface area contributed by atoms with Gasteiger partial charge in [-0.3, -0.25) is 4.79 Å². The zero-order chi connectivity index (χ0) is 13.8. The van der Waals surface area contributed by atoms with Gasteiger partial charge < -0.3 is 10.4 Å². The fraction of sp³-hybridized carbons (Fsp3) is 0.500. The van der Waals surface area contributed by atoms with E-state index in [-0.39, 0.29) is 12.5 Å². The lowest BCUT2D eigenvalue weighted by Crippen LogP contribution is -2.32. The SMILES string of the molecule is O=C(NCC1CCCC1CO)c1cc(Br)ccc1I. The Kier molecular flexibility index (Phi) is 5.65. The van der Waals surface area contributed by atoms with Crippen LogP contribution in [0.1, 0.15) is 29.6 Å². The highest BCUT2D eigenvalue weighted by molar-refractivity contribution is 14.1. The highest BCUT2D eigenvalue weighted by Gasteiger charge is 2.27. The van der Waals surface area contributed by atoms with E-state index < -0.39 is 0 Å². The van der Waals surface area contributed by atoms with Gasteiger partial charge >= 0.3 is 0 Å². The number of halogens is 2. The summed E-state index contributed by atoms with van der Waals surface area (Å²) in [5, 5.41) is 12.3. The molecule has 2 rings (SSSR count). The molecule has 5 heteroatoms. The molecule has 0 radical (unpaired) electrons. The maximum atomic E-state index is 12.2. The fourth-order valence-corrected chi connectivity index (χ4v) is 3.55. The average Bonchev–Trinajstić information content (AvgIpc) is 2.86. The molecule has 19 heavy (non-hydrogen) atoms. The summed E-state index contributed by atoms with van der Waals surface area (Å²) in [6.07, 6.45) is 3.33. The van der Waals surface area contributed by atoms with Gasteiger partial charge in [0.25, 0.3) is 5.91 Å². The Hall–Kier alpha value is -0.140. The number of carbonyl (C=O) groups excluding carboxylic acids is 1. The Balaban J connectivity index is 1.96. The Labute approximate surface area is 135 Å². The molecule has 0 saturated heterocycles. The zero-order valence-corrected chi connectivity index (χ0v) is 14.3. The van der Waals surface area contributed by atoms with E-state index in [1.807, 2.05) is 18.2 Å². The first-order valence-corrected chi connectivity index (χ1v) is 8.33. The van der Waals surface area contributed by atoms with Crippen LogP contribution >= 0.6 is 38.5 Å². The second-order valence-corrected chi connectivity index (χ2v) is 7.05. The van der Waals surface area contributed by atoms with Crippen LogP contribution in [0.2, 0.25) is 0 Å². The number of amides is 1. The minimum Gasteiger partial charge on any atom is -0.396 e. The molecule has 1 saturated carbocycles. The molecule has 0 aliphatic heterocycles. The fourth-order valence-electron chi connectivity index (χ4n) is 2.61. The Morgan fingerprint density at radius 2 is 2.16 bits per heavy atom. The second-order valence-electron chi connectivity index (χ2n) is 4.97. The molecule has 2 atom stereocenters. The van der Waals surface area contributed by atoms with Crippen LogP contribution < -0.4 is 5.32 Å². The number of benzene rings is 1. The molecule has 1 aliphatic rings. The molecule has 0 heterocycles. The first-order valence-electron chi connectivity index (χ1n) is 6.46. The summed E-state index contributed by atoms with van der Waals surface area (Å²) in [6, 6.07) is 5.69. The molecule has 0 bridgehead atoms. The van der Waals surface area contributed by atoms with Crippen LogP contribution in [0.3, 0.4) is 0 Å². The van der Waals surface area contributed by atoms with Gasteiger partial charge in [0.2, 0.25) is 0 Å². The zero-order valence-electron chi connectivity index (χ0n) is 10.5. The number of rotatable bonds is 4. The standard InChI is InChI=1S/C14H17BrINO2/c15-11-4-5-13(16)12(6-11)14(19)17-7-9-2-1-3-10(9)8-18/h4-6,9-10,18H,1-3,7-8H2,(H,17,19). The van der Waals surface area contributed by atoms with Crippen molar-refractivity contribution in [2.24, 2.45) is 11.8 Å². The van der Waals surface area contributed by atoms with Crippen molar-refractivity contribution in [1.82, 2.24) is 5.32 Å². The number of aliphatic hydroxyl groups is 1. The largest absolute Gasteiger partial charge is 0.396 e. The number of hydrogen-bond donors (Lipinski definition) is 2. The van der Waals surface area contributed by atoms with E-state index in [2.05, 4.69) is 43.8 Å². The van der Waals surface area contributed by atoms with Crippen molar-refractivity contribution < 1.29 is 9.90 Å². The van der Waals surface area contributed by atoms with Gasteiger partial charge in [-0.2, -0.15) is 0 Å². The summed E-state index contributed by atoms with van der Waals surface area (Å²) in [6.45, 7) is 0.890. The average molecular weight is 438 g/mol. The lowest BCUT2D eigenvalue weighted by atomic mass is 9.97. The molecule has 1 aromatic rings. The molecular weight excluding hydrogens is 421 g/mol. The van der Waals surface area contributed by atoms with Crippen LogP contribution in [0.25, 0.3) is 0 Å². The van der Waals surface area contributed by atoms with Crippen LogP contribution in [-0.4, -0.2) is 24.2 Å². The van der Waals surface area contributed by atoms with Crippen LogP contribution in [0, 0.1) is 15.4 Å². The van der Waals surface area contributed by atoms with Gasteiger partial charge in [-0.05, 0) is 65.5 Å². The minimum absolute atomic E-state index is 0.0331. The Bertz CT molecular complexity index is 467. The van der Waals surface area contributed by atoms with Crippen LogP contribution in [0.15, 0.2) is 22.7 Å². The number of hydrogen-bond acceptors (Lipinski definition) is 2. The van der Waals surface area contributed by atoms with Gasteiger partial charge in [0.1, 0.15) is 0 Å². The van der Waals surface area contributed by atoms with Gasteiger partial charge in [0, 0.05) is 21.2 Å². The molecular formula is C14H17BrINO2. The van der Waals surface area contributed by atoms with Crippen molar-refractivity contribution >= 4 is 44.4 Å². The predicted octanol–water partition coefficient (Wildman–Crippen LogP) is 3.19. The molecule has 2 unspecified atom stereocenters. The van der Waals surface area contributed by atoms with Gasteiger partial charge in [-0.25, -0.2) is 0 Å². The Morgan fingerprint density at radius 3 is 2.89 bits per heavy atom. The quantitative estimate of drug-likeness (QED) is 0.710. The van der Waals surface area contributed by atoms with Crippen molar-refractivity contribution in [2.45, 2.75) is 19.3 Å². The van der Waals surface area contributed by atoms with Gasteiger partial charge in [-0.1, -0.05) is 22.4 Å². The van der Waals surface area contributed by atoms with Crippen LogP contribution in [-0.2, 0) is 0 Å². The molecule has 1 amide bonds. The van der Waals surface area contributed by atoms with Crippen LogP contribution in [0.5, 0.6) is 0 Å². The Morgan fingerprint density at radius 1 is 1.42 bits per heavy atom. The third-order valence-electron chi connectivity index (χ3n) is 3.75. The summed E-state index contributed by atoms with van der Waals surface area (Å²) in [5.74, 6) is 0.731. The maximum absolute atomic E-state index is 12.2. The second kappa shape index (κ2) is 7.04. The lowest BCUT2D eigenvalue weighted by molar-refractivity contribution is 0.0937. The van der Waals surface area contributed by atoms with E-state index in [0.29, 0.717) is 23.9 Å². The highest BCUT2D eigenvalue weighted by atomic mass is 127. The monoisotopic (exact) mass is 437 g/mol. The molecule has 1 fully saturated rings. The third-order valence-corrected chi connectivity index (χ3v) is 5.18. The summed E-state index contributed by atoms with van der Waals surface area (Å²) in [5.41, 5.74) is 0.702. The van der Waals surface area contributed by atoms with E-state index in [1.165, 1.54) is 0 Å². The van der Waals surface area contributed by atoms with E-state index in [4.69, 9.17) is 0 Å². The molecule has 0 spiro atoms. The van der Waals surface area contributed by atoms with Crippen LogP contribution in [0.4, 0.5) is 0 Å². The van der Waals surface area contributed by atoms with Crippen molar-refractivity contribution in [3.8, 4) is 0 Å². The normalized spacial score (nSPS) is 22.5. The smallest absolute Gasteiger partial charge is 0.252 e. The summed E-state index contributed by atoms with van der Waals surface area (Å²) in [7, 11) is 0. The first-order chi connectivity index (χ1) is 9.11. The molecule has 104 valence electrons. The predicted molar refractivity (Wildman–Crippen MR) is 87.1 cm³/mol. The van der Waals surface area contributed by atoms with Crippen molar-refractivity contribution in [2.75, 3.05) is 13.2 Å². The topological polar surface area (TPSA) is 49.3 Å². The van der Waals surface area contributed by atoms with E-state index in [1.54, 1.807) is 0 Å². The summed E-state index contributed by atoms with van der Waals surface area (Å²) < 4.78 is 1.86. The lowest BCUT2D eigenvalue weighted by Gasteiger charge is -2.18. The number of aliphatic hydroxyl groups excluding tert-OH is 1. The molecule has 1 aliphatic carbocycles. The summed E-state index contributed by atoms with van der Waals surface area (Å²) in [4.78, 5) is 12.2. The number of carbonyl (C=O) groups is 1. The van der Waals surface area contributed by atoms with Gasteiger partial charge in [0.15, 0.2) is 0 Å². The number of nitrogens with one attached hydrogen (secondary N) is 1. The van der Waals surface area contributed by atoms with Gasteiger partial charge in [-0.15, -0.1) is 0 Å². The highest BCUT2D eigenvalue weighted by Crippen LogP contribution is 2.30. The first kappa shape index (κ1) is 15.3. The third kappa shape index (κ3) is 3.92.